The lowest BCUT2D eigenvalue weighted by Gasteiger charge is -2.11. The highest BCUT2D eigenvalue weighted by atomic mass is 16.3. The molecule has 0 saturated heterocycles. The van der Waals surface area contributed by atoms with Crippen molar-refractivity contribution < 1.29 is 5.11 Å². The zero-order valence-corrected chi connectivity index (χ0v) is 7.61. The number of benzene rings is 1. The Hall–Kier alpha value is -0.900. The van der Waals surface area contributed by atoms with Crippen molar-refractivity contribution in [2.24, 2.45) is 5.73 Å². The first-order valence-electron chi connectivity index (χ1n) is 4.48. The van der Waals surface area contributed by atoms with Gasteiger partial charge in [-0.1, -0.05) is 30.3 Å². The third kappa shape index (κ3) is 3.55. The van der Waals surface area contributed by atoms with Crippen molar-refractivity contribution in [3.63, 3.8) is 0 Å². The first-order chi connectivity index (χ1) is 6.34. The van der Waals surface area contributed by atoms with Gasteiger partial charge in [-0.25, -0.2) is 0 Å². The van der Waals surface area contributed by atoms with E-state index in [9.17, 15) is 5.11 Å². The number of nitrogens with one attached hydrogen (secondary N) is 1. The number of rotatable bonds is 5. The molecule has 0 fully saturated rings. The smallest absolute Gasteiger partial charge is 0.0914 e. The Labute approximate surface area is 78.6 Å². The van der Waals surface area contributed by atoms with E-state index in [-0.39, 0.29) is 0 Å². The van der Waals surface area contributed by atoms with Crippen molar-refractivity contribution >= 4 is 0 Å². The minimum Gasteiger partial charge on any atom is -0.387 e. The zero-order valence-electron chi connectivity index (χ0n) is 7.61. The molecule has 4 N–H and O–H groups in total. The van der Waals surface area contributed by atoms with Crippen LogP contribution in [0.1, 0.15) is 11.7 Å². The van der Waals surface area contributed by atoms with Gasteiger partial charge < -0.3 is 16.2 Å². The van der Waals surface area contributed by atoms with Gasteiger partial charge in [0.25, 0.3) is 0 Å². The standard InChI is InChI=1S/C10H16N2O/c11-6-7-12-8-10(13)9-4-2-1-3-5-9/h1-5,10,12-13H,6-8,11H2/t10-/m1/s1. The van der Waals surface area contributed by atoms with E-state index in [0.29, 0.717) is 13.1 Å². The van der Waals surface area contributed by atoms with Gasteiger partial charge in [-0.2, -0.15) is 0 Å². The van der Waals surface area contributed by atoms with Gasteiger partial charge in [0.2, 0.25) is 0 Å². The number of aliphatic hydroxyl groups is 1. The van der Waals surface area contributed by atoms with E-state index in [4.69, 9.17) is 5.73 Å². The molecule has 0 saturated carbocycles. The fourth-order valence-electron chi connectivity index (χ4n) is 1.13. The highest BCUT2D eigenvalue weighted by molar-refractivity contribution is 5.17. The summed E-state index contributed by atoms with van der Waals surface area (Å²) in [6.07, 6.45) is -0.437. The van der Waals surface area contributed by atoms with Gasteiger partial charge in [0.1, 0.15) is 0 Å². The molecule has 1 aromatic rings. The molecular weight excluding hydrogens is 164 g/mol. The second kappa shape index (κ2) is 5.70. The Morgan fingerprint density at radius 3 is 2.62 bits per heavy atom. The number of hydrogen-bond acceptors (Lipinski definition) is 3. The van der Waals surface area contributed by atoms with Crippen LogP contribution in [0.25, 0.3) is 0 Å². The van der Waals surface area contributed by atoms with Crippen LogP contribution in [0.3, 0.4) is 0 Å². The number of nitrogens with two attached hydrogens (primary N) is 1. The molecule has 0 aliphatic heterocycles. The molecule has 0 spiro atoms. The van der Waals surface area contributed by atoms with Crippen molar-refractivity contribution in [1.82, 2.24) is 5.32 Å². The number of aliphatic hydroxyl groups excluding tert-OH is 1. The topological polar surface area (TPSA) is 58.3 Å². The largest absolute Gasteiger partial charge is 0.387 e. The summed E-state index contributed by atoms with van der Waals surface area (Å²) in [5.41, 5.74) is 6.25. The average molecular weight is 180 g/mol. The van der Waals surface area contributed by atoms with E-state index in [1.54, 1.807) is 0 Å². The summed E-state index contributed by atoms with van der Waals surface area (Å²) in [7, 11) is 0. The number of hydrogen-bond donors (Lipinski definition) is 3. The van der Waals surface area contributed by atoms with Gasteiger partial charge >= 0.3 is 0 Å². The van der Waals surface area contributed by atoms with Gasteiger partial charge in [-0.15, -0.1) is 0 Å². The fraction of sp³-hybridized carbons (Fsp3) is 0.400. The Morgan fingerprint density at radius 2 is 2.00 bits per heavy atom. The fourth-order valence-corrected chi connectivity index (χ4v) is 1.13. The lowest BCUT2D eigenvalue weighted by Crippen LogP contribution is -2.27. The van der Waals surface area contributed by atoms with Gasteiger partial charge in [0, 0.05) is 19.6 Å². The van der Waals surface area contributed by atoms with Crippen LogP contribution in [0.4, 0.5) is 0 Å². The maximum Gasteiger partial charge on any atom is 0.0914 e. The average Bonchev–Trinajstić information content (AvgIpc) is 2.19. The van der Waals surface area contributed by atoms with Crippen LogP contribution in [-0.4, -0.2) is 24.7 Å². The summed E-state index contributed by atoms with van der Waals surface area (Å²) in [6, 6.07) is 9.59. The van der Waals surface area contributed by atoms with Gasteiger partial charge in [-0.3, -0.25) is 0 Å². The van der Waals surface area contributed by atoms with Gasteiger partial charge in [0.15, 0.2) is 0 Å². The molecular formula is C10H16N2O. The first-order valence-corrected chi connectivity index (χ1v) is 4.48. The molecule has 0 aliphatic carbocycles. The summed E-state index contributed by atoms with van der Waals surface area (Å²) < 4.78 is 0. The van der Waals surface area contributed by atoms with Crippen LogP contribution < -0.4 is 11.1 Å². The van der Waals surface area contributed by atoms with E-state index in [1.165, 1.54) is 0 Å². The van der Waals surface area contributed by atoms with Crippen molar-refractivity contribution in [3.8, 4) is 0 Å². The summed E-state index contributed by atoms with van der Waals surface area (Å²) in [5.74, 6) is 0. The minimum atomic E-state index is -0.437. The summed E-state index contributed by atoms with van der Waals surface area (Å²) in [6.45, 7) is 1.90. The third-order valence-electron chi connectivity index (χ3n) is 1.84. The normalized spacial score (nSPS) is 12.8. The molecule has 0 bridgehead atoms. The van der Waals surface area contributed by atoms with Crippen LogP contribution in [0, 0.1) is 0 Å². The molecule has 0 radical (unpaired) electrons. The molecule has 1 rings (SSSR count). The van der Waals surface area contributed by atoms with Crippen LogP contribution in [0.2, 0.25) is 0 Å². The van der Waals surface area contributed by atoms with E-state index < -0.39 is 6.10 Å². The van der Waals surface area contributed by atoms with Gasteiger partial charge in [-0.05, 0) is 5.56 Å². The Morgan fingerprint density at radius 1 is 1.31 bits per heavy atom. The highest BCUT2D eigenvalue weighted by Gasteiger charge is 2.04. The molecule has 0 aliphatic rings. The lowest BCUT2D eigenvalue weighted by atomic mass is 10.1. The minimum absolute atomic E-state index is 0.437. The third-order valence-corrected chi connectivity index (χ3v) is 1.84. The maximum absolute atomic E-state index is 9.64. The second-order valence-corrected chi connectivity index (χ2v) is 2.92. The summed E-state index contributed by atoms with van der Waals surface area (Å²) in [5, 5.41) is 12.7. The van der Waals surface area contributed by atoms with Crippen LogP contribution >= 0.6 is 0 Å². The molecule has 1 aromatic carbocycles. The van der Waals surface area contributed by atoms with Crippen LogP contribution in [0.15, 0.2) is 30.3 Å². The van der Waals surface area contributed by atoms with E-state index in [1.807, 2.05) is 30.3 Å². The predicted octanol–water partition coefficient (Wildman–Crippen LogP) is 0.268. The Balaban J connectivity index is 2.35. The Kier molecular flexibility index (Phi) is 4.46. The molecule has 3 nitrogen and oxygen atoms in total. The molecule has 0 amide bonds. The highest BCUT2D eigenvalue weighted by Crippen LogP contribution is 2.09. The predicted molar refractivity (Wildman–Crippen MR) is 53.3 cm³/mol. The summed E-state index contributed by atoms with van der Waals surface area (Å²) >= 11 is 0. The van der Waals surface area contributed by atoms with Crippen molar-refractivity contribution in [3.05, 3.63) is 35.9 Å². The Bertz CT molecular complexity index is 226. The SMILES string of the molecule is NCCNC[C@@H](O)c1ccccc1. The first kappa shape index (κ1) is 10.2. The van der Waals surface area contributed by atoms with E-state index >= 15 is 0 Å². The zero-order chi connectivity index (χ0) is 9.52. The van der Waals surface area contributed by atoms with Crippen molar-refractivity contribution in [2.45, 2.75) is 6.10 Å². The van der Waals surface area contributed by atoms with E-state index in [2.05, 4.69) is 5.32 Å². The lowest BCUT2D eigenvalue weighted by molar-refractivity contribution is 0.175. The van der Waals surface area contributed by atoms with Crippen molar-refractivity contribution in [1.29, 1.82) is 0 Å². The van der Waals surface area contributed by atoms with Crippen LogP contribution in [0.5, 0.6) is 0 Å². The second-order valence-electron chi connectivity index (χ2n) is 2.92. The summed E-state index contributed by atoms with van der Waals surface area (Å²) in [4.78, 5) is 0. The molecule has 3 heteroatoms. The molecule has 0 unspecified atom stereocenters. The molecule has 72 valence electrons. The quantitative estimate of drug-likeness (QED) is 0.570. The molecule has 13 heavy (non-hydrogen) atoms. The molecule has 0 aromatic heterocycles. The van der Waals surface area contributed by atoms with Crippen LogP contribution in [-0.2, 0) is 0 Å². The van der Waals surface area contributed by atoms with Gasteiger partial charge in [0.05, 0.1) is 6.10 Å². The van der Waals surface area contributed by atoms with E-state index in [0.717, 1.165) is 12.1 Å². The monoisotopic (exact) mass is 180 g/mol. The maximum atomic E-state index is 9.64. The van der Waals surface area contributed by atoms with Crippen molar-refractivity contribution in [2.75, 3.05) is 19.6 Å². The molecule has 0 heterocycles. The molecule has 1 atom stereocenters.